The van der Waals surface area contributed by atoms with Gasteiger partial charge in [-0.2, -0.15) is 0 Å². The van der Waals surface area contributed by atoms with E-state index in [-0.39, 0.29) is 5.91 Å². The molecule has 0 aliphatic carbocycles. The number of anilines is 2. The third kappa shape index (κ3) is 4.80. The molecule has 1 aliphatic rings. The van der Waals surface area contributed by atoms with Gasteiger partial charge in [-0.15, -0.1) is 11.3 Å². The predicted octanol–water partition coefficient (Wildman–Crippen LogP) is 3.16. The lowest BCUT2D eigenvalue weighted by molar-refractivity contribution is -0.131. The van der Waals surface area contributed by atoms with E-state index in [1.165, 1.54) is 4.88 Å². The summed E-state index contributed by atoms with van der Waals surface area (Å²) in [7, 11) is 1.81. The molecule has 140 valence electrons. The Morgan fingerprint density at radius 1 is 1.35 bits per heavy atom. The second-order valence-electron chi connectivity index (χ2n) is 6.64. The summed E-state index contributed by atoms with van der Waals surface area (Å²) in [4.78, 5) is 24.4. The quantitative estimate of drug-likeness (QED) is 0.780. The Balaban J connectivity index is 1.60. The topological polar surface area (TPSA) is 70.2 Å². The lowest BCUT2D eigenvalue weighted by Crippen LogP contribution is -2.42. The first kappa shape index (κ1) is 18.8. The maximum atomic E-state index is 12.0. The molecule has 0 bridgehead atoms. The van der Waals surface area contributed by atoms with E-state index < -0.39 is 0 Å². The molecule has 1 fully saturated rings. The minimum Gasteiger partial charge on any atom is -0.342 e. The highest BCUT2D eigenvalue weighted by Crippen LogP contribution is 2.28. The maximum absolute atomic E-state index is 12.0. The van der Waals surface area contributed by atoms with Crippen molar-refractivity contribution in [1.29, 1.82) is 0 Å². The van der Waals surface area contributed by atoms with Crippen LogP contribution in [0.5, 0.6) is 0 Å². The van der Waals surface area contributed by atoms with Gasteiger partial charge in [0, 0.05) is 35.8 Å². The van der Waals surface area contributed by atoms with Gasteiger partial charge in [-0.25, -0.2) is 9.97 Å². The van der Waals surface area contributed by atoms with Gasteiger partial charge < -0.3 is 15.5 Å². The van der Waals surface area contributed by atoms with Gasteiger partial charge in [0.05, 0.1) is 6.54 Å². The number of amides is 1. The van der Waals surface area contributed by atoms with E-state index in [2.05, 4.69) is 28.6 Å². The number of carbonyl (C=O) groups is 1. The van der Waals surface area contributed by atoms with E-state index in [1.807, 2.05) is 23.2 Å². The first-order valence-corrected chi connectivity index (χ1v) is 10.1. The molecule has 6 nitrogen and oxygen atoms in total. The lowest BCUT2D eigenvalue weighted by Gasteiger charge is -2.31. The van der Waals surface area contributed by atoms with Crippen LogP contribution in [0.4, 0.5) is 10.9 Å². The zero-order valence-electron chi connectivity index (χ0n) is 15.5. The second kappa shape index (κ2) is 9.09. The fourth-order valence-corrected chi connectivity index (χ4v) is 4.19. The molecule has 2 aromatic rings. The first-order chi connectivity index (χ1) is 12.7. The van der Waals surface area contributed by atoms with E-state index in [1.54, 1.807) is 18.4 Å². The summed E-state index contributed by atoms with van der Waals surface area (Å²) in [5.74, 6) is 1.43. The van der Waals surface area contributed by atoms with Crippen LogP contribution in [0.1, 0.15) is 42.7 Å². The largest absolute Gasteiger partial charge is 0.342 e. The number of thiazole rings is 1. The van der Waals surface area contributed by atoms with Crippen molar-refractivity contribution in [1.82, 2.24) is 20.2 Å². The number of likely N-dealkylation sites (tertiary alicyclic amines) is 1. The number of piperidine rings is 1. The Bertz CT molecular complexity index is 724. The van der Waals surface area contributed by atoms with E-state index >= 15 is 0 Å². The summed E-state index contributed by atoms with van der Waals surface area (Å²) < 4.78 is 0. The molecule has 0 atom stereocenters. The molecule has 3 heterocycles. The van der Waals surface area contributed by atoms with Gasteiger partial charge >= 0.3 is 0 Å². The van der Waals surface area contributed by atoms with E-state index in [4.69, 9.17) is 4.98 Å². The highest BCUT2D eigenvalue weighted by molar-refractivity contribution is 7.15. The number of nitrogens with one attached hydrogen (secondary N) is 2. The number of aromatic nitrogens is 2. The Morgan fingerprint density at radius 2 is 2.15 bits per heavy atom. The number of rotatable bonds is 7. The van der Waals surface area contributed by atoms with Crippen molar-refractivity contribution >= 4 is 28.2 Å². The van der Waals surface area contributed by atoms with Crippen LogP contribution in [0.2, 0.25) is 0 Å². The van der Waals surface area contributed by atoms with Crippen LogP contribution in [-0.2, 0) is 11.2 Å². The van der Waals surface area contributed by atoms with Crippen molar-refractivity contribution in [2.45, 2.75) is 38.5 Å². The zero-order chi connectivity index (χ0) is 18.4. The fourth-order valence-electron chi connectivity index (χ4n) is 3.27. The standard InChI is InChI=1S/C19H27N5OS/c1-3-5-15-12-21-19(26-15)23-17-7-4-6-16(22-17)14-8-10-24(11-9-14)18(25)13-20-2/h4,6-7,12,14,20H,3,5,8-11,13H2,1-2H3,(H,21,22,23). The van der Waals surface area contributed by atoms with E-state index in [0.717, 1.165) is 55.4 Å². The number of nitrogens with zero attached hydrogens (tertiary/aromatic N) is 3. The minimum atomic E-state index is 0.181. The molecule has 26 heavy (non-hydrogen) atoms. The van der Waals surface area contributed by atoms with Gasteiger partial charge in [0.1, 0.15) is 5.82 Å². The van der Waals surface area contributed by atoms with Crippen LogP contribution in [0.15, 0.2) is 24.4 Å². The Morgan fingerprint density at radius 3 is 2.88 bits per heavy atom. The average molecular weight is 374 g/mol. The molecule has 0 saturated carbocycles. The van der Waals surface area contributed by atoms with Gasteiger partial charge in [0.25, 0.3) is 0 Å². The summed E-state index contributed by atoms with van der Waals surface area (Å²) in [6, 6.07) is 6.12. The van der Waals surface area contributed by atoms with Crippen molar-refractivity contribution in [3.63, 3.8) is 0 Å². The van der Waals surface area contributed by atoms with Gasteiger partial charge in [-0.05, 0) is 38.4 Å². The van der Waals surface area contributed by atoms with Crippen molar-refractivity contribution in [2.24, 2.45) is 0 Å². The Hall–Kier alpha value is -1.99. The summed E-state index contributed by atoms with van der Waals surface area (Å²) in [6.07, 6.45) is 6.06. The monoisotopic (exact) mass is 373 g/mol. The molecule has 1 saturated heterocycles. The highest BCUT2D eigenvalue weighted by Gasteiger charge is 2.24. The third-order valence-electron chi connectivity index (χ3n) is 4.65. The molecule has 0 radical (unpaired) electrons. The van der Waals surface area contributed by atoms with Crippen LogP contribution >= 0.6 is 11.3 Å². The number of pyridine rings is 1. The second-order valence-corrected chi connectivity index (χ2v) is 7.76. The molecule has 7 heteroatoms. The number of aryl methyl sites for hydroxylation is 1. The van der Waals surface area contributed by atoms with Gasteiger partial charge in [0.15, 0.2) is 5.13 Å². The van der Waals surface area contributed by atoms with Crippen LogP contribution in [0.3, 0.4) is 0 Å². The summed E-state index contributed by atoms with van der Waals surface area (Å²) >= 11 is 1.69. The molecule has 2 N–H and O–H groups in total. The molecular formula is C19H27N5OS. The van der Waals surface area contributed by atoms with Crippen LogP contribution in [-0.4, -0.2) is 47.5 Å². The molecule has 3 rings (SSSR count). The zero-order valence-corrected chi connectivity index (χ0v) is 16.3. The van der Waals surface area contributed by atoms with Crippen LogP contribution < -0.4 is 10.6 Å². The smallest absolute Gasteiger partial charge is 0.236 e. The maximum Gasteiger partial charge on any atom is 0.236 e. The molecule has 1 aliphatic heterocycles. The third-order valence-corrected chi connectivity index (χ3v) is 5.62. The molecule has 2 aromatic heterocycles. The van der Waals surface area contributed by atoms with Crippen LogP contribution in [0.25, 0.3) is 0 Å². The lowest BCUT2D eigenvalue weighted by atomic mass is 9.93. The van der Waals surface area contributed by atoms with Crippen molar-refractivity contribution in [2.75, 3.05) is 32.0 Å². The molecule has 0 aromatic carbocycles. The van der Waals surface area contributed by atoms with Crippen LogP contribution in [0, 0.1) is 0 Å². The number of hydrogen-bond donors (Lipinski definition) is 2. The van der Waals surface area contributed by atoms with Gasteiger partial charge in [-0.3, -0.25) is 4.79 Å². The van der Waals surface area contributed by atoms with E-state index in [9.17, 15) is 4.79 Å². The highest BCUT2D eigenvalue weighted by atomic mass is 32.1. The Kier molecular flexibility index (Phi) is 6.57. The minimum absolute atomic E-state index is 0.181. The van der Waals surface area contributed by atoms with Crippen molar-refractivity contribution in [3.8, 4) is 0 Å². The Labute approximate surface area is 159 Å². The molecule has 0 spiro atoms. The molecular weight excluding hydrogens is 346 g/mol. The number of likely N-dealkylation sites (N-methyl/N-ethyl adjacent to an activating group) is 1. The first-order valence-electron chi connectivity index (χ1n) is 9.30. The summed E-state index contributed by atoms with van der Waals surface area (Å²) in [5, 5.41) is 7.15. The molecule has 1 amide bonds. The predicted molar refractivity (Wildman–Crippen MR) is 106 cm³/mol. The number of carbonyl (C=O) groups excluding carboxylic acids is 1. The normalized spacial score (nSPS) is 15.2. The SMILES string of the molecule is CCCc1cnc(Nc2cccc(C3CCN(C(=O)CNC)CC3)n2)s1. The van der Waals surface area contributed by atoms with Crippen molar-refractivity contribution in [3.05, 3.63) is 35.0 Å². The molecule has 0 unspecified atom stereocenters. The summed E-state index contributed by atoms with van der Waals surface area (Å²) in [5.41, 5.74) is 1.10. The van der Waals surface area contributed by atoms with Gasteiger partial charge in [0.2, 0.25) is 5.91 Å². The fraction of sp³-hybridized carbons (Fsp3) is 0.526. The van der Waals surface area contributed by atoms with Gasteiger partial charge in [-0.1, -0.05) is 19.4 Å². The van der Waals surface area contributed by atoms with E-state index in [0.29, 0.717) is 12.5 Å². The van der Waals surface area contributed by atoms with Crippen molar-refractivity contribution < 1.29 is 4.79 Å². The number of hydrogen-bond acceptors (Lipinski definition) is 6. The summed E-state index contributed by atoms with van der Waals surface area (Å²) in [6.45, 7) is 4.19. The average Bonchev–Trinajstić information content (AvgIpc) is 3.09.